The number of benzene rings is 1. The molecule has 0 radical (unpaired) electrons. The minimum absolute atomic E-state index is 0.0959. The number of aromatic hydroxyl groups is 1. The van der Waals surface area contributed by atoms with E-state index in [4.69, 9.17) is 0 Å². The second-order valence-corrected chi connectivity index (χ2v) is 4.58. The molecule has 0 aliphatic heterocycles. The van der Waals surface area contributed by atoms with Gasteiger partial charge in [-0.15, -0.1) is 0 Å². The molecule has 0 saturated heterocycles. The number of hydrogen-bond acceptors (Lipinski definition) is 3. The average Bonchev–Trinajstić information content (AvgIpc) is 2.39. The van der Waals surface area contributed by atoms with Gasteiger partial charge < -0.3 is 10.4 Å². The van der Waals surface area contributed by atoms with Gasteiger partial charge in [-0.1, -0.05) is 6.07 Å². The molecule has 2 N–H and O–H groups in total. The highest BCUT2D eigenvalue weighted by Crippen LogP contribution is 2.24. The second-order valence-electron chi connectivity index (χ2n) is 4.58. The van der Waals surface area contributed by atoms with Crippen LogP contribution in [-0.4, -0.2) is 10.1 Å². The maximum Gasteiger partial charge on any atom is 0.123 e. The molecular weight excluding hydrogens is 243 g/mol. The van der Waals surface area contributed by atoms with E-state index in [0.717, 1.165) is 11.4 Å². The Balaban J connectivity index is 2.05. The van der Waals surface area contributed by atoms with E-state index in [1.807, 2.05) is 32.0 Å². The number of halogens is 1. The van der Waals surface area contributed by atoms with Gasteiger partial charge in [-0.05, 0) is 44.2 Å². The van der Waals surface area contributed by atoms with Crippen molar-refractivity contribution in [1.29, 1.82) is 0 Å². The summed E-state index contributed by atoms with van der Waals surface area (Å²) < 4.78 is 13.2. The summed E-state index contributed by atoms with van der Waals surface area (Å²) in [6.07, 6.45) is 0. The molecule has 0 fully saturated rings. The van der Waals surface area contributed by atoms with E-state index >= 15 is 0 Å². The Labute approximate surface area is 112 Å². The molecule has 19 heavy (non-hydrogen) atoms. The Hall–Kier alpha value is -1.94. The zero-order chi connectivity index (χ0) is 13.8. The molecule has 0 spiro atoms. The van der Waals surface area contributed by atoms with E-state index in [9.17, 15) is 9.50 Å². The zero-order valence-corrected chi connectivity index (χ0v) is 11.0. The van der Waals surface area contributed by atoms with E-state index in [1.165, 1.54) is 18.2 Å². The standard InChI is InChI=1S/C15H17FN2O/c1-10-4-3-5-13(18-10)9-17-11(2)14-8-12(16)6-7-15(14)19/h3-8,11,17,19H,9H2,1-2H3. The summed E-state index contributed by atoms with van der Waals surface area (Å²) in [6, 6.07) is 9.61. The third kappa shape index (κ3) is 3.51. The van der Waals surface area contributed by atoms with Crippen LogP contribution in [0.1, 0.15) is 29.9 Å². The molecule has 3 nitrogen and oxygen atoms in total. The molecule has 2 aromatic rings. The van der Waals surface area contributed by atoms with Crippen LogP contribution >= 0.6 is 0 Å². The molecule has 0 aliphatic rings. The van der Waals surface area contributed by atoms with Crippen LogP contribution in [-0.2, 0) is 6.54 Å². The van der Waals surface area contributed by atoms with Crippen molar-refractivity contribution in [1.82, 2.24) is 10.3 Å². The quantitative estimate of drug-likeness (QED) is 0.888. The van der Waals surface area contributed by atoms with Gasteiger partial charge in [-0.3, -0.25) is 4.98 Å². The van der Waals surface area contributed by atoms with Crippen molar-refractivity contribution in [3.05, 3.63) is 59.2 Å². The fraction of sp³-hybridized carbons (Fsp3) is 0.267. The Morgan fingerprint density at radius 3 is 2.84 bits per heavy atom. The predicted molar refractivity (Wildman–Crippen MR) is 72.3 cm³/mol. The smallest absolute Gasteiger partial charge is 0.123 e. The maximum absolute atomic E-state index is 13.2. The van der Waals surface area contributed by atoms with Crippen LogP contribution in [0.5, 0.6) is 5.75 Å². The van der Waals surface area contributed by atoms with Crippen LogP contribution in [0.3, 0.4) is 0 Å². The summed E-state index contributed by atoms with van der Waals surface area (Å²) in [5, 5.41) is 12.9. The van der Waals surface area contributed by atoms with Crippen molar-refractivity contribution in [2.24, 2.45) is 0 Å². The fourth-order valence-electron chi connectivity index (χ4n) is 1.94. The number of aryl methyl sites for hydroxylation is 1. The zero-order valence-electron chi connectivity index (χ0n) is 11.0. The molecule has 0 aliphatic carbocycles. The maximum atomic E-state index is 13.2. The number of phenols is 1. The Bertz CT molecular complexity index is 572. The van der Waals surface area contributed by atoms with Gasteiger partial charge in [0, 0.05) is 23.8 Å². The Kier molecular flexibility index (Phi) is 4.12. The van der Waals surface area contributed by atoms with Gasteiger partial charge in [0.2, 0.25) is 0 Å². The minimum Gasteiger partial charge on any atom is -0.508 e. The molecule has 100 valence electrons. The molecule has 1 heterocycles. The van der Waals surface area contributed by atoms with Crippen molar-refractivity contribution in [3.8, 4) is 5.75 Å². The van der Waals surface area contributed by atoms with Gasteiger partial charge in [0.25, 0.3) is 0 Å². The molecule has 0 bridgehead atoms. The van der Waals surface area contributed by atoms with Crippen molar-refractivity contribution >= 4 is 0 Å². The molecule has 1 aromatic carbocycles. The largest absolute Gasteiger partial charge is 0.508 e. The molecule has 1 unspecified atom stereocenters. The Morgan fingerprint density at radius 2 is 2.11 bits per heavy atom. The number of phenolic OH excluding ortho intramolecular Hbond substituents is 1. The van der Waals surface area contributed by atoms with E-state index in [-0.39, 0.29) is 17.6 Å². The summed E-state index contributed by atoms with van der Waals surface area (Å²) in [5.74, 6) is -0.256. The molecule has 0 amide bonds. The molecule has 0 saturated carbocycles. The van der Waals surface area contributed by atoms with Crippen molar-refractivity contribution < 1.29 is 9.50 Å². The highest BCUT2D eigenvalue weighted by Gasteiger charge is 2.11. The Morgan fingerprint density at radius 1 is 1.32 bits per heavy atom. The van der Waals surface area contributed by atoms with Gasteiger partial charge in [-0.2, -0.15) is 0 Å². The number of pyridine rings is 1. The molecule has 1 atom stereocenters. The molecular formula is C15H17FN2O. The van der Waals surface area contributed by atoms with Crippen LogP contribution in [0, 0.1) is 12.7 Å². The lowest BCUT2D eigenvalue weighted by molar-refractivity contribution is 0.448. The first-order valence-corrected chi connectivity index (χ1v) is 6.20. The third-order valence-electron chi connectivity index (χ3n) is 2.99. The number of rotatable bonds is 4. The van der Waals surface area contributed by atoms with Crippen molar-refractivity contribution in [3.63, 3.8) is 0 Å². The number of nitrogens with one attached hydrogen (secondary N) is 1. The predicted octanol–water partition coefficient (Wildman–Crippen LogP) is 3.09. The van der Waals surface area contributed by atoms with E-state index < -0.39 is 0 Å². The third-order valence-corrected chi connectivity index (χ3v) is 2.99. The van der Waals surface area contributed by atoms with Crippen LogP contribution in [0.2, 0.25) is 0 Å². The van der Waals surface area contributed by atoms with E-state index in [1.54, 1.807) is 0 Å². The lowest BCUT2D eigenvalue weighted by Gasteiger charge is -2.15. The summed E-state index contributed by atoms with van der Waals surface area (Å²) >= 11 is 0. The first-order valence-electron chi connectivity index (χ1n) is 6.20. The highest BCUT2D eigenvalue weighted by atomic mass is 19.1. The SMILES string of the molecule is Cc1cccc(CNC(C)c2cc(F)ccc2O)n1. The number of aromatic nitrogens is 1. The number of nitrogens with zero attached hydrogens (tertiary/aromatic N) is 1. The molecule has 4 heteroatoms. The first-order chi connectivity index (χ1) is 9.06. The highest BCUT2D eigenvalue weighted by molar-refractivity contribution is 5.34. The fourth-order valence-corrected chi connectivity index (χ4v) is 1.94. The van der Waals surface area contributed by atoms with Gasteiger partial charge in [0.15, 0.2) is 0 Å². The van der Waals surface area contributed by atoms with E-state index in [2.05, 4.69) is 10.3 Å². The van der Waals surface area contributed by atoms with Crippen LogP contribution in [0.25, 0.3) is 0 Å². The topological polar surface area (TPSA) is 45.1 Å². The van der Waals surface area contributed by atoms with Crippen molar-refractivity contribution in [2.45, 2.75) is 26.4 Å². The van der Waals surface area contributed by atoms with Gasteiger partial charge >= 0.3 is 0 Å². The lowest BCUT2D eigenvalue weighted by atomic mass is 10.1. The van der Waals surface area contributed by atoms with Gasteiger partial charge in [0.05, 0.1) is 5.69 Å². The summed E-state index contributed by atoms with van der Waals surface area (Å²) in [4.78, 5) is 4.38. The van der Waals surface area contributed by atoms with Crippen LogP contribution in [0.4, 0.5) is 4.39 Å². The van der Waals surface area contributed by atoms with Gasteiger partial charge in [-0.25, -0.2) is 4.39 Å². The van der Waals surface area contributed by atoms with Crippen LogP contribution in [0.15, 0.2) is 36.4 Å². The van der Waals surface area contributed by atoms with Crippen LogP contribution < -0.4 is 5.32 Å². The average molecular weight is 260 g/mol. The molecule has 2 rings (SSSR count). The normalized spacial score (nSPS) is 12.4. The summed E-state index contributed by atoms with van der Waals surface area (Å²) in [6.45, 7) is 4.38. The summed E-state index contributed by atoms with van der Waals surface area (Å²) in [5.41, 5.74) is 2.43. The summed E-state index contributed by atoms with van der Waals surface area (Å²) in [7, 11) is 0. The second kappa shape index (κ2) is 5.80. The lowest BCUT2D eigenvalue weighted by Crippen LogP contribution is -2.19. The monoisotopic (exact) mass is 260 g/mol. The first kappa shape index (κ1) is 13.5. The van der Waals surface area contributed by atoms with Gasteiger partial charge in [0.1, 0.15) is 11.6 Å². The van der Waals surface area contributed by atoms with E-state index in [0.29, 0.717) is 12.1 Å². The minimum atomic E-state index is -0.352. The molecule has 1 aromatic heterocycles. The number of hydrogen-bond donors (Lipinski definition) is 2. The van der Waals surface area contributed by atoms with Crippen molar-refractivity contribution in [2.75, 3.05) is 0 Å².